The summed E-state index contributed by atoms with van der Waals surface area (Å²) < 4.78 is 13.3. The smallest absolute Gasteiger partial charge is 0.133 e. The first-order valence-corrected chi connectivity index (χ1v) is 8.49. The van der Waals surface area contributed by atoms with Crippen molar-refractivity contribution < 1.29 is 9.26 Å². The predicted molar refractivity (Wildman–Crippen MR) is 84.7 cm³/mol. The largest absolute Gasteiger partial charge is 0.375 e. The lowest BCUT2D eigenvalue weighted by Crippen LogP contribution is -2.37. The summed E-state index contributed by atoms with van der Waals surface area (Å²) in [6.45, 7) is 8.46. The Bertz CT molecular complexity index is 674. The summed E-state index contributed by atoms with van der Waals surface area (Å²) in [6.07, 6.45) is 4.64. The maximum Gasteiger partial charge on any atom is 0.133 e. The van der Waals surface area contributed by atoms with Crippen molar-refractivity contribution in [3.8, 4) is 0 Å². The van der Waals surface area contributed by atoms with E-state index in [4.69, 9.17) is 9.26 Å². The molecule has 1 aliphatic heterocycles. The quantitative estimate of drug-likeness (QED) is 0.820. The summed E-state index contributed by atoms with van der Waals surface area (Å²) in [5, 5.41) is 4.10. The van der Waals surface area contributed by atoms with Gasteiger partial charge in [0, 0.05) is 32.3 Å². The molecular formula is C17H24N4O2. The van der Waals surface area contributed by atoms with Gasteiger partial charge in [-0.25, -0.2) is 4.98 Å². The van der Waals surface area contributed by atoms with Gasteiger partial charge in [-0.1, -0.05) is 5.16 Å². The first-order chi connectivity index (χ1) is 11.2. The number of rotatable bonds is 6. The van der Waals surface area contributed by atoms with E-state index < -0.39 is 0 Å². The molecule has 0 aromatic carbocycles. The molecule has 124 valence electrons. The van der Waals surface area contributed by atoms with Gasteiger partial charge in [0.05, 0.1) is 30.2 Å². The summed E-state index contributed by atoms with van der Waals surface area (Å²) in [5.74, 6) is 2.79. The van der Waals surface area contributed by atoms with E-state index in [2.05, 4.69) is 26.5 Å². The van der Waals surface area contributed by atoms with Crippen LogP contribution >= 0.6 is 0 Å². The number of imidazole rings is 1. The second kappa shape index (κ2) is 6.09. The van der Waals surface area contributed by atoms with Crippen LogP contribution in [0.2, 0.25) is 0 Å². The zero-order valence-corrected chi connectivity index (χ0v) is 13.9. The molecule has 0 bridgehead atoms. The fourth-order valence-electron chi connectivity index (χ4n) is 3.25. The Morgan fingerprint density at radius 3 is 2.96 bits per heavy atom. The van der Waals surface area contributed by atoms with E-state index in [1.54, 1.807) is 0 Å². The normalized spacial score (nSPS) is 21.6. The standard InChI is InChI=1S/C17H24N4O2/c1-12-7-15(19-23-12)9-20-5-6-21-16(8-18-17(21)13(20)2)11-22-10-14-3-4-14/h7-8,13-14H,3-6,9-11H2,1-2H3/t13-/m1/s1. The molecule has 1 atom stereocenters. The molecule has 6 nitrogen and oxygen atoms in total. The van der Waals surface area contributed by atoms with E-state index in [0.717, 1.165) is 49.4 Å². The number of ether oxygens (including phenoxy) is 1. The molecule has 4 rings (SSSR count). The fourth-order valence-corrected chi connectivity index (χ4v) is 3.25. The first-order valence-electron chi connectivity index (χ1n) is 8.49. The van der Waals surface area contributed by atoms with E-state index >= 15 is 0 Å². The molecule has 2 aromatic heterocycles. The predicted octanol–water partition coefficient (Wildman–Crippen LogP) is 2.68. The van der Waals surface area contributed by atoms with Crippen LogP contribution in [-0.2, 0) is 24.4 Å². The molecule has 2 aromatic rings. The van der Waals surface area contributed by atoms with Gasteiger partial charge in [-0.05, 0) is 32.6 Å². The maximum atomic E-state index is 5.83. The van der Waals surface area contributed by atoms with Crippen molar-refractivity contribution in [1.29, 1.82) is 0 Å². The minimum atomic E-state index is 0.276. The van der Waals surface area contributed by atoms with Gasteiger partial charge < -0.3 is 13.8 Å². The van der Waals surface area contributed by atoms with Crippen LogP contribution in [-0.4, -0.2) is 32.8 Å². The zero-order valence-electron chi connectivity index (χ0n) is 13.9. The minimum absolute atomic E-state index is 0.276. The third-order valence-corrected chi connectivity index (χ3v) is 4.84. The number of fused-ring (bicyclic) bond motifs is 1. The van der Waals surface area contributed by atoms with E-state index in [1.165, 1.54) is 18.5 Å². The maximum absolute atomic E-state index is 5.83. The number of nitrogens with zero attached hydrogens (tertiary/aromatic N) is 4. The van der Waals surface area contributed by atoms with Crippen molar-refractivity contribution >= 4 is 0 Å². The van der Waals surface area contributed by atoms with Gasteiger partial charge in [-0.2, -0.15) is 0 Å². The third-order valence-electron chi connectivity index (χ3n) is 4.84. The zero-order chi connectivity index (χ0) is 15.8. The average molecular weight is 316 g/mol. The van der Waals surface area contributed by atoms with Crippen LogP contribution in [0.5, 0.6) is 0 Å². The van der Waals surface area contributed by atoms with Gasteiger partial charge in [-0.15, -0.1) is 0 Å². The van der Waals surface area contributed by atoms with Crippen molar-refractivity contribution in [1.82, 2.24) is 19.6 Å². The monoisotopic (exact) mass is 316 g/mol. The highest BCUT2D eigenvalue weighted by Gasteiger charge is 2.28. The van der Waals surface area contributed by atoms with Crippen molar-refractivity contribution in [3.63, 3.8) is 0 Å². The van der Waals surface area contributed by atoms with Crippen LogP contribution in [0, 0.1) is 12.8 Å². The lowest BCUT2D eigenvalue weighted by molar-refractivity contribution is 0.101. The highest BCUT2D eigenvalue weighted by atomic mass is 16.5. The van der Waals surface area contributed by atoms with Crippen molar-refractivity contribution in [2.75, 3.05) is 13.2 Å². The molecule has 1 fully saturated rings. The molecule has 0 saturated heterocycles. The number of hydrogen-bond donors (Lipinski definition) is 0. The van der Waals surface area contributed by atoms with Crippen LogP contribution in [0.4, 0.5) is 0 Å². The molecule has 1 saturated carbocycles. The molecule has 6 heteroatoms. The van der Waals surface area contributed by atoms with Crippen molar-refractivity contribution in [2.24, 2.45) is 5.92 Å². The summed E-state index contributed by atoms with van der Waals surface area (Å²) in [5.41, 5.74) is 2.19. The van der Waals surface area contributed by atoms with Crippen LogP contribution in [0.15, 0.2) is 16.8 Å². The lowest BCUT2D eigenvalue weighted by Gasteiger charge is -2.33. The molecule has 0 N–H and O–H groups in total. The molecule has 0 spiro atoms. The molecule has 23 heavy (non-hydrogen) atoms. The van der Waals surface area contributed by atoms with Gasteiger partial charge in [0.15, 0.2) is 0 Å². The van der Waals surface area contributed by atoms with Crippen LogP contribution < -0.4 is 0 Å². The highest BCUT2D eigenvalue weighted by Crippen LogP contribution is 2.30. The Morgan fingerprint density at radius 2 is 2.22 bits per heavy atom. The van der Waals surface area contributed by atoms with E-state index in [9.17, 15) is 0 Å². The Labute approximate surface area is 136 Å². The van der Waals surface area contributed by atoms with E-state index in [0.29, 0.717) is 6.61 Å². The number of hydrogen-bond acceptors (Lipinski definition) is 5. The Hall–Kier alpha value is -1.66. The summed E-state index contributed by atoms with van der Waals surface area (Å²) >= 11 is 0. The molecule has 3 heterocycles. The van der Waals surface area contributed by atoms with Crippen molar-refractivity contribution in [2.45, 2.75) is 52.4 Å². The molecule has 0 unspecified atom stereocenters. The van der Waals surface area contributed by atoms with Gasteiger partial charge in [0.1, 0.15) is 11.6 Å². The second-order valence-corrected chi connectivity index (χ2v) is 6.79. The molecule has 0 radical (unpaired) electrons. The molecule has 1 aliphatic carbocycles. The summed E-state index contributed by atoms with van der Waals surface area (Å²) in [6, 6.07) is 2.28. The SMILES string of the molecule is Cc1cc(CN2CCn3c(COCC4CC4)cnc3[C@H]2C)no1. The average Bonchev–Trinajstić information content (AvgIpc) is 3.12. The molecule has 0 amide bonds. The topological polar surface area (TPSA) is 56.3 Å². The van der Waals surface area contributed by atoms with Crippen LogP contribution in [0.3, 0.4) is 0 Å². The van der Waals surface area contributed by atoms with Gasteiger partial charge >= 0.3 is 0 Å². The second-order valence-electron chi connectivity index (χ2n) is 6.79. The summed E-state index contributed by atoms with van der Waals surface area (Å²) in [4.78, 5) is 7.04. The van der Waals surface area contributed by atoms with E-state index in [-0.39, 0.29) is 6.04 Å². The van der Waals surface area contributed by atoms with Gasteiger partial charge in [0.25, 0.3) is 0 Å². The molecule has 2 aliphatic rings. The Morgan fingerprint density at radius 1 is 1.35 bits per heavy atom. The Balaban J connectivity index is 1.41. The van der Waals surface area contributed by atoms with Gasteiger partial charge in [0.2, 0.25) is 0 Å². The minimum Gasteiger partial charge on any atom is -0.375 e. The van der Waals surface area contributed by atoms with Crippen LogP contribution in [0.25, 0.3) is 0 Å². The Kier molecular flexibility index (Phi) is 3.95. The highest BCUT2D eigenvalue weighted by molar-refractivity contribution is 5.12. The summed E-state index contributed by atoms with van der Waals surface area (Å²) in [7, 11) is 0. The first kappa shape index (κ1) is 14.9. The lowest BCUT2D eigenvalue weighted by atomic mass is 10.2. The van der Waals surface area contributed by atoms with E-state index in [1.807, 2.05) is 19.2 Å². The van der Waals surface area contributed by atoms with Crippen molar-refractivity contribution in [3.05, 3.63) is 35.2 Å². The number of aryl methyl sites for hydroxylation is 1. The van der Waals surface area contributed by atoms with Gasteiger partial charge in [-0.3, -0.25) is 4.90 Å². The fraction of sp³-hybridized carbons (Fsp3) is 0.647. The van der Waals surface area contributed by atoms with Crippen LogP contribution in [0.1, 0.15) is 48.8 Å². The number of aromatic nitrogens is 3. The molecular weight excluding hydrogens is 292 g/mol. The third kappa shape index (κ3) is 3.19.